The number of rotatable bonds is 2. The van der Waals surface area contributed by atoms with E-state index in [9.17, 15) is 14.4 Å². The molecule has 1 aromatic rings. The number of thiazole rings is 1. The predicted octanol–water partition coefficient (Wildman–Crippen LogP) is 1.65. The van der Waals surface area contributed by atoms with Gasteiger partial charge in [0.2, 0.25) is 0 Å². The van der Waals surface area contributed by atoms with E-state index in [4.69, 9.17) is 0 Å². The highest BCUT2D eigenvalue weighted by Crippen LogP contribution is 2.46. The van der Waals surface area contributed by atoms with Gasteiger partial charge in [-0.1, -0.05) is 20.8 Å². The van der Waals surface area contributed by atoms with Crippen LogP contribution in [0.1, 0.15) is 40.0 Å². The number of urea groups is 1. The summed E-state index contributed by atoms with van der Waals surface area (Å²) < 4.78 is 1.72. The summed E-state index contributed by atoms with van der Waals surface area (Å²) in [5, 5.41) is 4.69. The predicted molar refractivity (Wildman–Crippen MR) is 93.6 cm³/mol. The average molecular weight is 364 g/mol. The Hall–Kier alpha value is -1.96. The molecule has 2 aliphatic rings. The molecule has 7 nitrogen and oxygen atoms in total. The molecule has 1 saturated heterocycles. The first-order valence-electron chi connectivity index (χ1n) is 8.44. The first-order chi connectivity index (χ1) is 11.6. The molecule has 0 unspecified atom stereocenters. The van der Waals surface area contributed by atoms with Crippen molar-refractivity contribution in [2.24, 2.45) is 23.4 Å². The second kappa shape index (κ2) is 6.09. The molecule has 1 spiro atoms. The molecule has 2 fully saturated rings. The highest BCUT2D eigenvalue weighted by Gasteiger charge is 2.56. The lowest BCUT2D eigenvalue weighted by Crippen LogP contribution is -2.54. The summed E-state index contributed by atoms with van der Waals surface area (Å²) in [6.07, 6.45) is 4.02. The summed E-state index contributed by atoms with van der Waals surface area (Å²) in [6, 6.07) is -0.492. The third-order valence-electron chi connectivity index (χ3n) is 4.90. The Morgan fingerprint density at radius 3 is 2.72 bits per heavy atom. The molecule has 2 atom stereocenters. The van der Waals surface area contributed by atoms with Crippen molar-refractivity contribution in [2.75, 3.05) is 6.54 Å². The van der Waals surface area contributed by atoms with Crippen molar-refractivity contribution in [3.8, 4) is 0 Å². The van der Waals surface area contributed by atoms with Crippen molar-refractivity contribution in [2.45, 2.75) is 45.6 Å². The number of hydrogen-bond acceptors (Lipinski definition) is 4. The number of carbonyl (C=O) groups is 3. The first-order valence-corrected chi connectivity index (χ1v) is 9.32. The third kappa shape index (κ3) is 3.40. The molecule has 0 radical (unpaired) electrons. The lowest BCUT2D eigenvalue weighted by Gasteiger charge is -2.43. The summed E-state index contributed by atoms with van der Waals surface area (Å²) in [4.78, 5) is 43.1. The van der Waals surface area contributed by atoms with Gasteiger partial charge in [-0.25, -0.2) is 4.79 Å². The Balaban J connectivity index is 1.80. The van der Waals surface area contributed by atoms with Gasteiger partial charge in [-0.2, -0.15) is 4.99 Å². The van der Waals surface area contributed by atoms with Crippen LogP contribution in [0.5, 0.6) is 0 Å². The number of hydrogen-bond donors (Lipinski definition) is 1. The molecule has 1 saturated carbocycles. The summed E-state index contributed by atoms with van der Waals surface area (Å²) in [6.45, 7) is 6.01. The fourth-order valence-corrected chi connectivity index (χ4v) is 5.11. The zero-order chi connectivity index (χ0) is 18.4. The van der Waals surface area contributed by atoms with Crippen LogP contribution < -0.4 is 10.1 Å². The van der Waals surface area contributed by atoms with Gasteiger partial charge in [-0.05, 0) is 30.6 Å². The van der Waals surface area contributed by atoms with Crippen molar-refractivity contribution >= 4 is 29.2 Å². The fraction of sp³-hybridized carbons (Fsp3) is 0.647. The van der Waals surface area contributed by atoms with E-state index < -0.39 is 17.5 Å². The van der Waals surface area contributed by atoms with E-state index in [0.29, 0.717) is 23.6 Å². The van der Waals surface area contributed by atoms with E-state index in [2.05, 4.69) is 31.1 Å². The van der Waals surface area contributed by atoms with Gasteiger partial charge in [0.1, 0.15) is 12.1 Å². The zero-order valence-electron chi connectivity index (χ0n) is 15.0. The van der Waals surface area contributed by atoms with Crippen LogP contribution in [0.2, 0.25) is 0 Å². The van der Waals surface area contributed by atoms with E-state index >= 15 is 0 Å². The molecule has 1 aliphatic carbocycles. The van der Waals surface area contributed by atoms with E-state index in [1.54, 1.807) is 17.8 Å². The number of nitrogens with zero attached hydrogens (tertiary/aromatic N) is 3. The average Bonchev–Trinajstić information content (AvgIpc) is 2.94. The zero-order valence-corrected chi connectivity index (χ0v) is 15.9. The van der Waals surface area contributed by atoms with Crippen molar-refractivity contribution in [3.63, 3.8) is 0 Å². The molecule has 0 aromatic carbocycles. The topological polar surface area (TPSA) is 83.8 Å². The molecule has 1 aromatic heterocycles. The van der Waals surface area contributed by atoms with Gasteiger partial charge in [0.05, 0.1) is 0 Å². The van der Waals surface area contributed by atoms with Crippen LogP contribution >= 0.6 is 11.3 Å². The van der Waals surface area contributed by atoms with Crippen molar-refractivity contribution < 1.29 is 14.4 Å². The molecule has 25 heavy (non-hydrogen) atoms. The lowest BCUT2D eigenvalue weighted by atomic mass is 9.64. The summed E-state index contributed by atoms with van der Waals surface area (Å²) in [7, 11) is 1.79. The van der Waals surface area contributed by atoms with Crippen LogP contribution in [0, 0.1) is 11.3 Å². The van der Waals surface area contributed by atoms with Crippen LogP contribution in [0.3, 0.4) is 0 Å². The number of nitrogens with one attached hydrogen (secondary N) is 1. The SMILES string of the molecule is C[C@@H]1CC(C)(C)C[C@]2(C1)NC(=O)N(CC(=O)N=c1sccn1C)C2=O. The summed E-state index contributed by atoms with van der Waals surface area (Å²) in [5.74, 6) is -0.462. The van der Waals surface area contributed by atoms with E-state index in [0.717, 1.165) is 11.3 Å². The fourth-order valence-electron chi connectivity index (χ4n) is 4.36. The minimum atomic E-state index is -0.883. The van der Waals surface area contributed by atoms with Crippen LogP contribution in [0.25, 0.3) is 0 Å². The molecule has 0 bridgehead atoms. The molecule has 1 N–H and O–H groups in total. The first kappa shape index (κ1) is 17.8. The standard InChI is InChI=1S/C17H24N4O3S/c1-11-7-16(2,3)10-17(8-11)13(23)21(14(24)19-17)9-12(22)18-15-20(4)5-6-25-15/h5-6,11H,7-10H2,1-4H3,(H,19,24)/t11-,17+/m1/s1. The van der Waals surface area contributed by atoms with E-state index in [-0.39, 0.29) is 17.9 Å². The quantitative estimate of drug-likeness (QED) is 0.810. The maximum atomic E-state index is 13.0. The minimum absolute atomic E-state index is 0.0320. The normalized spacial score (nSPS) is 29.4. The number of aryl methyl sites for hydroxylation is 1. The Labute approximate surface area is 150 Å². The second-order valence-corrected chi connectivity index (χ2v) is 8.93. The number of imide groups is 1. The van der Waals surface area contributed by atoms with Gasteiger partial charge >= 0.3 is 6.03 Å². The number of aromatic nitrogens is 1. The highest BCUT2D eigenvalue weighted by molar-refractivity contribution is 7.07. The highest BCUT2D eigenvalue weighted by atomic mass is 32.1. The largest absolute Gasteiger partial charge is 0.327 e. The Morgan fingerprint density at radius 1 is 1.40 bits per heavy atom. The van der Waals surface area contributed by atoms with Gasteiger partial charge in [-0.3, -0.25) is 14.5 Å². The molecular weight excluding hydrogens is 340 g/mol. The summed E-state index contributed by atoms with van der Waals surface area (Å²) >= 11 is 1.33. The van der Waals surface area contributed by atoms with Gasteiger partial charge in [0.25, 0.3) is 11.8 Å². The monoisotopic (exact) mass is 364 g/mol. The molecule has 2 heterocycles. The maximum Gasteiger partial charge on any atom is 0.325 e. The maximum absolute atomic E-state index is 13.0. The number of carbonyl (C=O) groups excluding carboxylic acids is 3. The Bertz CT molecular complexity index is 794. The molecule has 4 amide bonds. The minimum Gasteiger partial charge on any atom is -0.327 e. The number of amides is 4. The Morgan fingerprint density at radius 2 is 2.12 bits per heavy atom. The Kier molecular flexibility index (Phi) is 4.35. The van der Waals surface area contributed by atoms with Crippen LogP contribution in [-0.4, -0.2) is 39.4 Å². The molecule has 136 valence electrons. The van der Waals surface area contributed by atoms with Crippen LogP contribution in [0.4, 0.5) is 4.79 Å². The van der Waals surface area contributed by atoms with Crippen molar-refractivity contribution in [1.29, 1.82) is 0 Å². The summed E-state index contributed by atoms with van der Waals surface area (Å²) in [5.41, 5.74) is -0.915. The van der Waals surface area contributed by atoms with Crippen molar-refractivity contribution in [1.82, 2.24) is 14.8 Å². The molecular formula is C17H24N4O3S. The van der Waals surface area contributed by atoms with E-state index in [1.807, 2.05) is 5.38 Å². The van der Waals surface area contributed by atoms with Gasteiger partial charge in [0, 0.05) is 18.6 Å². The van der Waals surface area contributed by atoms with Gasteiger partial charge < -0.3 is 9.88 Å². The second-order valence-electron chi connectivity index (χ2n) is 8.06. The third-order valence-corrected chi connectivity index (χ3v) is 5.75. The smallest absolute Gasteiger partial charge is 0.325 e. The van der Waals surface area contributed by atoms with E-state index in [1.165, 1.54) is 11.3 Å². The van der Waals surface area contributed by atoms with Crippen LogP contribution in [0.15, 0.2) is 16.6 Å². The lowest BCUT2D eigenvalue weighted by molar-refractivity contribution is -0.137. The molecule has 1 aliphatic heterocycles. The van der Waals surface area contributed by atoms with Gasteiger partial charge in [0.15, 0.2) is 4.80 Å². The molecule has 8 heteroatoms. The van der Waals surface area contributed by atoms with Crippen LogP contribution in [-0.2, 0) is 16.6 Å². The van der Waals surface area contributed by atoms with Crippen molar-refractivity contribution in [3.05, 3.63) is 16.4 Å². The van der Waals surface area contributed by atoms with Gasteiger partial charge in [-0.15, -0.1) is 11.3 Å². The molecule has 3 rings (SSSR count).